The van der Waals surface area contributed by atoms with Crippen molar-refractivity contribution in [1.82, 2.24) is 9.71 Å². The summed E-state index contributed by atoms with van der Waals surface area (Å²) < 4.78 is 26.9. The second kappa shape index (κ2) is 5.17. The molecule has 6 heteroatoms. The zero-order chi connectivity index (χ0) is 13.2. The third-order valence-corrected chi connectivity index (χ3v) is 4.85. The van der Waals surface area contributed by atoms with Gasteiger partial charge in [0.05, 0.1) is 11.4 Å². The Labute approximate surface area is 111 Å². The van der Waals surface area contributed by atoms with Gasteiger partial charge in [0.2, 0.25) is 10.0 Å². The van der Waals surface area contributed by atoms with Crippen molar-refractivity contribution in [2.45, 2.75) is 25.3 Å². The minimum Gasteiger partial charge on any atom is -0.248 e. The third kappa shape index (κ3) is 2.95. The minimum absolute atomic E-state index is 0.230. The number of sulfonamides is 1. The molecule has 18 heavy (non-hydrogen) atoms. The van der Waals surface area contributed by atoms with Gasteiger partial charge >= 0.3 is 0 Å². The molecule has 1 heterocycles. The highest BCUT2D eigenvalue weighted by Crippen LogP contribution is 2.17. The van der Waals surface area contributed by atoms with Crippen LogP contribution in [-0.4, -0.2) is 13.4 Å². The molecule has 0 amide bonds. The van der Waals surface area contributed by atoms with Gasteiger partial charge in [-0.25, -0.2) is 18.1 Å². The van der Waals surface area contributed by atoms with Gasteiger partial charge in [-0.1, -0.05) is 12.1 Å². The highest BCUT2D eigenvalue weighted by molar-refractivity contribution is 7.89. The Kier molecular flexibility index (Phi) is 3.79. The molecule has 0 saturated heterocycles. The number of nitrogens with one attached hydrogen (secondary N) is 1. The second-order valence-corrected chi connectivity index (χ2v) is 6.73. The van der Waals surface area contributed by atoms with Crippen LogP contribution in [0.15, 0.2) is 34.7 Å². The van der Waals surface area contributed by atoms with E-state index in [0.717, 1.165) is 16.1 Å². The molecule has 1 aromatic heterocycles. The lowest BCUT2D eigenvalue weighted by atomic mass is 10.2. The number of aryl methyl sites for hydroxylation is 2. The summed E-state index contributed by atoms with van der Waals surface area (Å²) in [6.45, 7) is 3.89. The van der Waals surface area contributed by atoms with Crippen LogP contribution in [0.25, 0.3) is 0 Å². The summed E-state index contributed by atoms with van der Waals surface area (Å²) in [4.78, 5) is 4.38. The number of aromatic nitrogens is 1. The van der Waals surface area contributed by atoms with E-state index < -0.39 is 10.0 Å². The first-order chi connectivity index (χ1) is 8.49. The first kappa shape index (κ1) is 13.2. The molecule has 0 fully saturated rings. The van der Waals surface area contributed by atoms with Crippen LogP contribution in [0.1, 0.15) is 16.1 Å². The first-order valence-electron chi connectivity index (χ1n) is 5.44. The average molecular weight is 282 g/mol. The Hall–Kier alpha value is -1.24. The number of rotatable bonds is 4. The van der Waals surface area contributed by atoms with Crippen LogP contribution in [0.3, 0.4) is 0 Å². The molecular weight excluding hydrogens is 268 g/mol. The molecule has 0 unspecified atom stereocenters. The Bertz CT molecular complexity index is 634. The average Bonchev–Trinajstić information content (AvgIpc) is 2.83. The van der Waals surface area contributed by atoms with Gasteiger partial charge in [0, 0.05) is 11.6 Å². The highest BCUT2D eigenvalue weighted by Gasteiger charge is 2.16. The van der Waals surface area contributed by atoms with E-state index >= 15 is 0 Å². The van der Waals surface area contributed by atoms with E-state index in [1.54, 1.807) is 19.2 Å². The molecule has 4 nitrogen and oxygen atoms in total. The Morgan fingerprint density at radius 2 is 2.11 bits per heavy atom. The van der Waals surface area contributed by atoms with Crippen molar-refractivity contribution in [3.05, 3.63) is 45.9 Å². The molecule has 0 aliphatic carbocycles. The zero-order valence-electron chi connectivity index (χ0n) is 10.2. The molecule has 1 N–H and O–H groups in total. The maximum atomic E-state index is 12.2. The maximum absolute atomic E-state index is 12.2. The first-order valence-corrected chi connectivity index (χ1v) is 7.80. The fourth-order valence-corrected chi connectivity index (χ4v) is 3.53. The molecular formula is C12H14N2O2S2. The van der Waals surface area contributed by atoms with Gasteiger partial charge in [-0.05, 0) is 31.0 Å². The minimum atomic E-state index is -3.47. The summed E-state index contributed by atoms with van der Waals surface area (Å²) in [5.41, 5.74) is 1.67. The second-order valence-electron chi connectivity index (χ2n) is 4.02. The van der Waals surface area contributed by atoms with E-state index in [9.17, 15) is 8.42 Å². The van der Waals surface area contributed by atoms with Gasteiger partial charge in [0.25, 0.3) is 0 Å². The molecule has 0 radical (unpaired) electrons. The van der Waals surface area contributed by atoms with Crippen molar-refractivity contribution in [3.63, 3.8) is 0 Å². The van der Waals surface area contributed by atoms with Crippen LogP contribution in [-0.2, 0) is 16.6 Å². The lowest BCUT2D eigenvalue weighted by Gasteiger charge is -2.09. The molecule has 2 rings (SSSR count). The lowest BCUT2D eigenvalue weighted by Crippen LogP contribution is -2.24. The van der Waals surface area contributed by atoms with E-state index in [-0.39, 0.29) is 6.54 Å². The Morgan fingerprint density at radius 1 is 1.33 bits per heavy atom. The van der Waals surface area contributed by atoms with Gasteiger partial charge in [-0.2, -0.15) is 0 Å². The number of hydrogen-bond donors (Lipinski definition) is 1. The normalized spacial score (nSPS) is 11.7. The fraction of sp³-hybridized carbons (Fsp3) is 0.250. The summed E-state index contributed by atoms with van der Waals surface area (Å²) in [7, 11) is -3.47. The summed E-state index contributed by atoms with van der Waals surface area (Å²) in [6.07, 6.45) is 1.66. The van der Waals surface area contributed by atoms with E-state index in [0.29, 0.717) is 4.90 Å². The predicted octanol–water partition coefficient (Wildman–Crippen LogP) is 2.24. The van der Waals surface area contributed by atoms with Gasteiger partial charge in [-0.15, -0.1) is 11.3 Å². The number of nitrogens with zero attached hydrogens (tertiary/aromatic N) is 1. The molecule has 0 spiro atoms. The Morgan fingerprint density at radius 3 is 2.78 bits per heavy atom. The van der Waals surface area contributed by atoms with Gasteiger partial charge in [-0.3, -0.25) is 0 Å². The van der Waals surface area contributed by atoms with Crippen LogP contribution < -0.4 is 4.72 Å². The third-order valence-electron chi connectivity index (χ3n) is 2.53. The highest BCUT2D eigenvalue weighted by atomic mass is 32.2. The standard InChI is InChI=1S/C12H14N2O2S2/c1-9-3-4-10(2)11(7-9)18(15,16)14-8-12-13-5-6-17-12/h3-7,14H,8H2,1-2H3. The molecule has 0 aliphatic rings. The van der Waals surface area contributed by atoms with Crippen molar-refractivity contribution < 1.29 is 8.42 Å². The van der Waals surface area contributed by atoms with Crippen LogP contribution in [0.5, 0.6) is 0 Å². The van der Waals surface area contributed by atoms with Crippen molar-refractivity contribution in [1.29, 1.82) is 0 Å². The smallest absolute Gasteiger partial charge is 0.241 e. The summed E-state index contributed by atoms with van der Waals surface area (Å²) in [5.74, 6) is 0. The monoisotopic (exact) mass is 282 g/mol. The SMILES string of the molecule is Cc1ccc(C)c(S(=O)(=O)NCc2nccs2)c1. The summed E-state index contributed by atoms with van der Waals surface area (Å²) in [5, 5.41) is 2.57. The largest absolute Gasteiger partial charge is 0.248 e. The van der Waals surface area contributed by atoms with E-state index in [2.05, 4.69) is 9.71 Å². The van der Waals surface area contributed by atoms with Crippen molar-refractivity contribution in [3.8, 4) is 0 Å². The Balaban J connectivity index is 2.22. The van der Waals surface area contributed by atoms with Crippen molar-refractivity contribution in [2.75, 3.05) is 0 Å². The molecule has 0 atom stereocenters. The maximum Gasteiger partial charge on any atom is 0.241 e. The molecule has 1 aromatic carbocycles. The zero-order valence-corrected chi connectivity index (χ0v) is 11.8. The van der Waals surface area contributed by atoms with E-state index in [4.69, 9.17) is 0 Å². The van der Waals surface area contributed by atoms with Gasteiger partial charge < -0.3 is 0 Å². The predicted molar refractivity (Wildman–Crippen MR) is 72.1 cm³/mol. The van der Waals surface area contributed by atoms with Crippen LogP contribution >= 0.6 is 11.3 Å². The van der Waals surface area contributed by atoms with Crippen LogP contribution in [0.4, 0.5) is 0 Å². The van der Waals surface area contributed by atoms with Gasteiger partial charge in [0.15, 0.2) is 0 Å². The lowest BCUT2D eigenvalue weighted by molar-refractivity contribution is 0.580. The van der Waals surface area contributed by atoms with Gasteiger partial charge in [0.1, 0.15) is 5.01 Å². The van der Waals surface area contributed by atoms with E-state index in [1.807, 2.05) is 24.4 Å². The molecule has 0 saturated carbocycles. The molecule has 96 valence electrons. The quantitative estimate of drug-likeness (QED) is 0.935. The van der Waals surface area contributed by atoms with Crippen molar-refractivity contribution >= 4 is 21.4 Å². The fourth-order valence-electron chi connectivity index (χ4n) is 1.57. The molecule has 0 aliphatic heterocycles. The van der Waals surface area contributed by atoms with E-state index in [1.165, 1.54) is 11.3 Å². The summed E-state index contributed by atoms with van der Waals surface area (Å²) in [6, 6.07) is 5.39. The molecule has 2 aromatic rings. The number of thiazole rings is 1. The number of hydrogen-bond acceptors (Lipinski definition) is 4. The van der Waals surface area contributed by atoms with Crippen molar-refractivity contribution in [2.24, 2.45) is 0 Å². The van der Waals surface area contributed by atoms with Crippen LogP contribution in [0, 0.1) is 13.8 Å². The van der Waals surface area contributed by atoms with Crippen LogP contribution in [0.2, 0.25) is 0 Å². The summed E-state index contributed by atoms with van der Waals surface area (Å²) >= 11 is 1.43. The number of benzene rings is 1. The molecule has 0 bridgehead atoms. The topological polar surface area (TPSA) is 59.1 Å².